The van der Waals surface area contributed by atoms with Gasteiger partial charge >= 0.3 is 0 Å². The number of carbonyl (C=O) groups is 3. The minimum atomic E-state index is -0.159. The number of hydrogen-bond acceptors (Lipinski definition) is 6. The zero-order valence-corrected chi connectivity index (χ0v) is 15.9. The van der Waals surface area contributed by atoms with Crippen molar-refractivity contribution in [1.82, 2.24) is 14.9 Å². The molecular formula is C19H21N3O4S. The number of hydrogen-bond donors (Lipinski definition) is 1. The van der Waals surface area contributed by atoms with Gasteiger partial charge in [0, 0.05) is 42.7 Å². The smallest absolute Gasteiger partial charge is 0.254 e. The van der Waals surface area contributed by atoms with Gasteiger partial charge in [-0.2, -0.15) is 0 Å². The second-order valence-corrected chi connectivity index (χ2v) is 7.88. The highest BCUT2D eigenvalue weighted by Gasteiger charge is 2.23. The van der Waals surface area contributed by atoms with Crippen LogP contribution >= 0.6 is 11.3 Å². The molecule has 1 aliphatic rings. The molecule has 8 heteroatoms. The van der Waals surface area contributed by atoms with Crippen molar-refractivity contribution in [1.29, 1.82) is 0 Å². The Morgan fingerprint density at radius 3 is 2.70 bits per heavy atom. The number of fused-ring (bicyclic) bond motifs is 1. The summed E-state index contributed by atoms with van der Waals surface area (Å²) in [6.07, 6.45) is 2.38. The second-order valence-electron chi connectivity index (χ2n) is 6.59. The average molecular weight is 387 g/mol. The molecule has 0 atom stereocenters. The molecule has 2 aromatic heterocycles. The number of aromatic amines is 1. The lowest BCUT2D eigenvalue weighted by molar-refractivity contribution is -0.134. The quantitative estimate of drug-likeness (QED) is 0.733. The Morgan fingerprint density at radius 2 is 1.96 bits per heavy atom. The Hall–Kier alpha value is -2.61. The Bertz CT molecular complexity index is 931. The third-order valence-corrected chi connectivity index (χ3v) is 5.67. The van der Waals surface area contributed by atoms with Gasteiger partial charge in [0.2, 0.25) is 5.91 Å². The van der Waals surface area contributed by atoms with E-state index in [2.05, 4.69) is 9.97 Å². The number of carbonyl (C=O) groups excluding carboxylic acids is 3. The first kappa shape index (κ1) is 19.2. The summed E-state index contributed by atoms with van der Waals surface area (Å²) in [4.78, 5) is 58.2. The Kier molecular flexibility index (Phi) is 5.95. The number of Topliss-reactive ketones (excluding diaryl/α,β-unsaturated/α-hetero) is 2. The summed E-state index contributed by atoms with van der Waals surface area (Å²) in [6.45, 7) is 2.68. The number of aryl methyl sites for hydroxylation is 1. The standard InChI is InChI=1S/C19H21N3O4S/c1-12-2-6-17(27-12)16(24)5-3-13(23)4-7-18(25)22-9-8-14-15(10-22)20-11-21-19(14)26/h2,6,11H,3-5,7-10H2,1H3,(H,20,21,26). The molecule has 0 aromatic carbocycles. The Labute approximate surface area is 160 Å². The van der Waals surface area contributed by atoms with Crippen LogP contribution in [0, 0.1) is 6.92 Å². The summed E-state index contributed by atoms with van der Waals surface area (Å²) in [7, 11) is 0. The van der Waals surface area contributed by atoms with Crippen LogP contribution in [0.5, 0.6) is 0 Å². The summed E-state index contributed by atoms with van der Waals surface area (Å²) in [5.74, 6) is -0.245. The summed E-state index contributed by atoms with van der Waals surface area (Å²) in [5, 5.41) is 0. The van der Waals surface area contributed by atoms with Crippen molar-refractivity contribution in [3.05, 3.63) is 49.8 Å². The summed E-state index contributed by atoms with van der Waals surface area (Å²) in [5.41, 5.74) is 1.08. The first-order valence-corrected chi connectivity index (χ1v) is 9.70. The van der Waals surface area contributed by atoms with E-state index in [0.717, 1.165) is 4.88 Å². The molecule has 0 saturated heterocycles. The van der Waals surface area contributed by atoms with Crippen molar-refractivity contribution < 1.29 is 14.4 Å². The highest BCUT2D eigenvalue weighted by Crippen LogP contribution is 2.18. The lowest BCUT2D eigenvalue weighted by Crippen LogP contribution is -2.39. The van der Waals surface area contributed by atoms with E-state index in [9.17, 15) is 19.2 Å². The van der Waals surface area contributed by atoms with Crippen LogP contribution < -0.4 is 5.56 Å². The van der Waals surface area contributed by atoms with Gasteiger partial charge in [-0.15, -0.1) is 11.3 Å². The maximum absolute atomic E-state index is 12.4. The molecule has 27 heavy (non-hydrogen) atoms. The van der Waals surface area contributed by atoms with Crippen molar-refractivity contribution in [2.24, 2.45) is 0 Å². The topological polar surface area (TPSA) is 100 Å². The molecule has 0 fully saturated rings. The van der Waals surface area contributed by atoms with E-state index in [0.29, 0.717) is 35.6 Å². The van der Waals surface area contributed by atoms with Crippen LogP contribution in [-0.4, -0.2) is 38.9 Å². The SMILES string of the molecule is Cc1ccc(C(=O)CCC(=O)CCC(=O)N2CCc3c(nc[nH]c3=O)C2)s1. The van der Waals surface area contributed by atoms with Gasteiger partial charge in [0.1, 0.15) is 5.78 Å². The largest absolute Gasteiger partial charge is 0.336 e. The molecule has 0 saturated carbocycles. The molecule has 1 amide bonds. The fourth-order valence-corrected chi connectivity index (χ4v) is 3.90. The number of nitrogens with one attached hydrogen (secondary N) is 1. The van der Waals surface area contributed by atoms with Crippen LogP contribution in [0.2, 0.25) is 0 Å². The van der Waals surface area contributed by atoms with E-state index in [1.165, 1.54) is 17.7 Å². The van der Waals surface area contributed by atoms with Gasteiger partial charge in [0.05, 0.1) is 23.4 Å². The lowest BCUT2D eigenvalue weighted by atomic mass is 10.0. The third kappa shape index (κ3) is 4.77. The van der Waals surface area contributed by atoms with Gasteiger partial charge < -0.3 is 9.88 Å². The van der Waals surface area contributed by atoms with E-state index < -0.39 is 0 Å². The Morgan fingerprint density at radius 1 is 1.19 bits per heavy atom. The van der Waals surface area contributed by atoms with Crippen molar-refractivity contribution in [3.8, 4) is 0 Å². The van der Waals surface area contributed by atoms with E-state index in [-0.39, 0.29) is 48.7 Å². The minimum absolute atomic E-state index is 0.0308. The predicted molar refractivity (Wildman–Crippen MR) is 101 cm³/mol. The number of amides is 1. The van der Waals surface area contributed by atoms with Gasteiger partial charge in [0.15, 0.2) is 5.78 Å². The molecule has 0 spiro atoms. The van der Waals surface area contributed by atoms with Crippen molar-refractivity contribution in [2.75, 3.05) is 6.54 Å². The zero-order chi connectivity index (χ0) is 19.4. The number of nitrogens with zero attached hydrogens (tertiary/aromatic N) is 2. The van der Waals surface area contributed by atoms with Crippen molar-refractivity contribution in [2.45, 2.75) is 45.6 Å². The minimum Gasteiger partial charge on any atom is -0.336 e. The molecule has 7 nitrogen and oxygen atoms in total. The molecule has 3 rings (SSSR count). The maximum atomic E-state index is 12.4. The van der Waals surface area contributed by atoms with Crippen LogP contribution in [0.4, 0.5) is 0 Å². The molecule has 0 aliphatic carbocycles. The average Bonchev–Trinajstić information content (AvgIpc) is 3.10. The molecule has 142 valence electrons. The molecule has 0 unspecified atom stereocenters. The first-order chi connectivity index (χ1) is 12.9. The summed E-state index contributed by atoms with van der Waals surface area (Å²) in [6, 6.07) is 3.67. The van der Waals surface area contributed by atoms with Crippen LogP contribution in [0.3, 0.4) is 0 Å². The van der Waals surface area contributed by atoms with Crippen LogP contribution in [0.15, 0.2) is 23.3 Å². The van der Waals surface area contributed by atoms with Gasteiger partial charge in [-0.3, -0.25) is 19.2 Å². The number of H-pyrrole nitrogens is 1. The fourth-order valence-electron chi connectivity index (χ4n) is 3.07. The summed E-state index contributed by atoms with van der Waals surface area (Å²) >= 11 is 1.43. The molecule has 2 aromatic rings. The monoisotopic (exact) mass is 387 g/mol. The molecule has 3 heterocycles. The third-order valence-electron chi connectivity index (χ3n) is 4.63. The maximum Gasteiger partial charge on any atom is 0.254 e. The number of ketones is 2. The highest BCUT2D eigenvalue weighted by atomic mass is 32.1. The lowest BCUT2D eigenvalue weighted by Gasteiger charge is -2.27. The van der Waals surface area contributed by atoms with Gasteiger partial charge in [-0.1, -0.05) is 0 Å². The van der Waals surface area contributed by atoms with Crippen molar-refractivity contribution >= 4 is 28.8 Å². The Balaban J connectivity index is 1.44. The molecular weight excluding hydrogens is 366 g/mol. The highest BCUT2D eigenvalue weighted by molar-refractivity contribution is 7.14. The van der Waals surface area contributed by atoms with E-state index in [1.807, 2.05) is 13.0 Å². The number of thiophene rings is 1. The van der Waals surface area contributed by atoms with Crippen LogP contribution in [0.1, 0.15) is 51.5 Å². The van der Waals surface area contributed by atoms with Gasteiger partial charge in [-0.05, 0) is 25.5 Å². The normalized spacial score (nSPS) is 13.3. The molecule has 1 aliphatic heterocycles. The zero-order valence-electron chi connectivity index (χ0n) is 15.1. The van der Waals surface area contributed by atoms with Crippen LogP contribution in [-0.2, 0) is 22.6 Å². The molecule has 1 N–H and O–H groups in total. The van der Waals surface area contributed by atoms with E-state index in [1.54, 1.807) is 11.0 Å². The molecule has 0 radical (unpaired) electrons. The number of aromatic nitrogens is 2. The van der Waals surface area contributed by atoms with E-state index >= 15 is 0 Å². The van der Waals surface area contributed by atoms with Crippen LogP contribution in [0.25, 0.3) is 0 Å². The second kappa shape index (κ2) is 8.39. The predicted octanol–water partition coefficient (Wildman–Crippen LogP) is 2.04. The first-order valence-electron chi connectivity index (χ1n) is 8.88. The molecule has 0 bridgehead atoms. The van der Waals surface area contributed by atoms with Gasteiger partial charge in [0.25, 0.3) is 5.56 Å². The number of rotatable bonds is 7. The van der Waals surface area contributed by atoms with Crippen molar-refractivity contribution in [3.63, 3.8) is 0 Å². The van der Waals surface area contributed by atoms with E-state index in [4.69, 9.17) is 0 Å². The van der Waals surface area contributed by atoms with Gasteiger partial charge in [-0.25, -0.2) is 4.98 Å². The summed E-state index contributed by atoms with van der Waals surface area (Å²) < 4.78 is 0. The fraction of sp³-hybridized carbons (Fsp3) is 0.421.